The number of rotatable bonds is 8. The summed E-state index contributed by atoms with van der Waals surface area (Å²) in [6, 6.07) is 29.0. The third-order valence-corrected chi connectivity index (χ3v) is 6.27. The number of imide groups is 1. The number of para-hydroxylation sites is 1. The average Bonchev–Trinajstić information content (AvgIpc) is 3.22. The molecule has 5 rings (SSSR count). The fourth-order valence-corrected chi connectivity index (χ4v) is 4.26. The van der Waals surface area contributed by atoms with Crippen LogP contribution < -0.4 is 10.1 Å². The molecule has 1 aliphatic rings. The van der Waals surface area contributed by atoms with Crippen molar-refractivity contribution in [3.8, 4) is 11.5 Å². The van der Waals surface area contributed by atoms with Gasteiger partial charge in [0.25, 0.3) is 17.7 Å². The highest BCUT2D eigenvalue weighted by Gasteiger charge is 2.39. The smallest absolute Gasteiger partial charge is 0.338 e. The summed E-state index contributed by atoms with van der Waals surface area (Å²) in [5, 5.41) is 2.65. The number of anilines is 1. The molecular formula is C31H24N2O6. The largest absolute Gasteiger partial charge is 0.457 e. The number of nitrogens with zero attached hydrogens (tertiary/aromatic N) is 1. The number of esters is 1. The maximum absolute atomic E-state index is 13.1. The molecule has 0 radical (unpaired) electrons. The van der Waals surface area contributed by atoms with E-state index in [1.165, 1.54) is 23.1 Å². The van der Waals surface area contributed by atoms with Gasteiger partial charge in [0.15, 0.2) is 6.61 Å². The Bertz CT molecular complexity index is 1530. The molecule has 0 aromatic heterocycles. The van der Waals surface area contributed by atoms with Crippen LogP contribution in [-0.4, -0.2) is 35.2 Å². The zero-order valence-corrected chi connectivity index (χ0v) is 21.0. The van der Waals surface area contributed by atoms with Gasteiger partial charge in [-0.25, -0.2) is 4.79 Å². The number of hydrogen-bond acceptors (Lipinski definition) is 6. The van der Waals surface area contributed by atoms with Crippen molar-refractivity contribution >= 4 is 29.4 Å². The minimum absolute atomic E-state index is 0.0688. The summed E-state index contributed by atoms with van der Waals surface area (Å²) in [5.41, 5.74) is 1.73. The van der Waals surface area contributed by atoms with Crippen LogP contribution in [0, 0.1) is 0 Å². The standard InChI is InChI=1S/C31H24N2O6/c1-20(21-8-4-2-5-9-21)33-29(35)26-17-12-22(18-27(26)30(33)36)31(37)38-19-28(34)32-23-13-15-25(16-14-23)39-24-10-6-3-7-11-24/h2-18,20H,19H2,1H3,(H,32,34)/t20-/m1/s1. The number of nitrogens with one attached hydrogen (secondary N) is 1. The van der Waals surface area contributed by atoms with Gasteiger partial charge in [-0.15, -0.1) is 0 Å². The maximum atomic E-state index is 13.1. The number of amides is 3. The highest BCUT2D eigenvalue weighted by molar-refractivity contribution is 6.22. The first-order valence-electron chi connectivity index (χ1n) is 12.3. The van der Waals surface area contributed by atoms with Crippen LogP contribution in [0.2, 0.25) is 0 Å². The Balaban J connectivity index is 1.18. The van der Waals surface area contributed by atoms with E-state index in [-0.39, 0.29) is 16.7 Å². The molecule has 39 heavy (non-hydrogen) atoms. The van der Waals surface area contributed by atoms with E-state index >= 15 is 0 Å². The van der Waals surface area contributed by atoms with Crippen LogP contribution >= 0.6 is 0 Å². The predicted molar refractivity (Wildman–Crippen MR) is 144 cm³/mol. The molecule has 8 nitrogen and oxygen atoms in total. The summed E-state index contributed by atoms with van der Waals surface area (Å²) < 4.78 is 10.9. The molecular weight excluding hydrogens is 496 g/mol. The molecule has 194 valence electrons. The van der Waals surface area contributed by atoms with Crippen molar-refractivity contribution in [1.82, 2.24) is 4.90 Å². The van der Waals surface area contributed by atoms with Crippen molar-refractivity contribution < 1.29 is 28.7 Å². The van der Waals surface area contributed by atoms with Crippen molar-refractivity contribution in [3.05, 3.63) is 125 Å². The molecule has 0 saturated carbocycles. The molecule has 0 aliphatic carbocycles. The van der Waals surface area contributed by atoms with Crippen LogP contribution in [0.15, 0.2) is 103 Å². The number of ether oxygens (including phenoxy) is 2. The van der Waals surface area contributed by atoms with E-state index < -0.39 is 36.3 Å². The molecule has 0 saturated heterocycles. The Morgan fingerprint density at radius 3 is 2.08 bits per heavy atom. The quantitative estimate of drug-likeness (QED) is 0.239. The number of carbonyl (C=O) groups is 4. The first kappa shape index (κ1) is 25.4. The summed E-state index contributed by atoms with van der Waals surface area (Å²) in [6.07, 6.45) is 0. The number of benzene rings is 4. The molecule has 0 bridgehead atoms. The molecule has 0 fully saturated rings. The minimum Gasteiger partial charge on any atom is -0.457 e. The third kappa shape index (κ3) is 5.55. The van der Waals surface area contributed by atoms with Crippen LogP contribution in [0.5, 0.6) is 11.5 Å². The Morgan fingerprint density at radius 1 is 0.769 bits per heavy atom. The first-order chi connectivity index (χ1) is 18.9. The van der Waals surface area contributed by atoms with Crippen molar-refractivity contribution in [2.24, 2.45) is 0 Å². The summed E-state index contributed by atoms with van der Waals surface area (Å²) in [4.78, 5) is 52.1. The molecule has 0 unspecified atom stereocenters. The fraction of sp³-hybridized carbons (Fsp3) is 0.0968. The minimum atomic E-state index is -0.783. The van der Waals surface area contributed by atoms with Gasteiger partial charge in [0.05, 0.1) is 22.7 Å². The third-order valence-electron chi connectivity index (χ3n) is 6.27. The van der Waals surface area contributed by atoms with E-state index in [4.69, 9.17) is 9.47 Å². The van der Waals surface area contributed by atoms with Gasteiger partial charge in [-0.1, -0.05) is 48.5 Å². The van der Waals surface area contributed by atoms with E-state index in [2.05, 4.69) is 5.32 Å². The number of carbonyl (C=O) groups excluding carboxylic acids is 4. The van der Waals surface area contributed by atoms with E-state index in [1.54, 1.807) is 31.2 Å². The van der Waals surface area contributed by atoms with Gasteiger partial charge in [0.2, 0.25) is 0 Å². The van der Waals surface area contributed by atoms with Crippen molar-refractivity contribution in [2.75, 3.05) is 11.9 Å². The van der Waals surface area contributed by atoms with Crippen LogP contribution in [0.25, 0.3) is 0 Å². The maximum Gasteiger partial charge on any atom is 0.338 e. The monoisotopic (exact) mass is 520 g/mol. The zero-order chi connectivity index (χ0) is 27.4. The van der Waals surface area contributed by atoms with E-state index in [0.717, 1.165) is 5.56 Å². The molecule has 1 aliphatic heterocycles. The lowest BCUT2D eigenvalue weighted by molar-refractivity contribution is -0.119. The Morgan fingerprint density at radius 2 is 1.38 bits per heavy atom. The summed E-state index contributed by atoms with van der Waals surface area (Å²) >= 11 is 0. The lowest BCUT2D eigenvalue weighted by Crippen LogP contribution is -2.32. The Hall–Kier alpha value is -5.24. The lowest BCUT2D eigenvalue weighted by atomic mass is 10.1. The second kappa shape index (κ2) is 11.0. The number of fused-ring (bicyclic) bond motifs is 1. The molecule has 1 atom stereocenters. The van der Waals surface area contributed by atoms with Crippen molar-refractivity contribution in [3.63, 3.8) is 0 Å². The van der Waals surface area contributed by atoms with Crippen LogP contribution in [0.3, 0.4) is 0 Å². The molecule has 0 spiro atoms. The second-order valence-electron chi connectivity index (χ2n) is 8.89. The van der Waals surface area contributed by atoms with Gasteiger partial charge in [0, 0.05) is 5.69 Å². The van der Waals surface area contributed by atoms with Gasteiger partial charge >= 0.3 is 5.97 Å². The van der Waals surface area contributed by atoms with Crippen molar-refractivity contribution in [1.29, 1.82) is 0 Å². The first-order valence-corrected chi connectivity index (χ1v) is 12.3. The van der Waals surface area contributed by atoms with Crippen LogP contribution in [0.4, 0.5) is 5.69 Å². The van der Waals surface area contributed by atoms with Gasteiger partial charge in [0.1, 0.15) is 11.5 Å². The summed E-state index contributed by atoms with van der Waals surface area (Å²) in [6.45, 7) is 1.25. The molecule has 1 heterocycles. The molecule has 4 aromatic rings. The van der Waals surface area contributed by atoms with E-state index in [0.29, 0.717) is 17.2 Å². The summed E-state index contributed by atoms with van der Waals surface area (Å²) in [7, 11) is 0. The Kier molecular flexibility index (Phi) is 7.18. The van der Waals surface area contributed by atoms with E-state index in [9.17, 15) is 19.2 Å². The molecule has 3 amide bonds. The normalized spacial score (nSPS) is 13.0. The van der Waals surface area contributed by atoms with Gasteiger partial charge in [-0.05, 0) is 67.1 Å². The van der Waals surface area contributed by atoms with Crippen molar-refractivity contribution in [2.45, 2.75) is 13.0 Å². The van der Waals surface area contributed by atoms with E-state index in [1.807, 2.05) is 60.7 Å². The molecule has 8 heteroatoms. The highest BCUT2D eigenvalue weighted by atomic mass is 16.5. The van der Waals surface area contributed by atoms with Gasteiger partial charge in [-0.3, -0.25) is 19.3 Å². The second-order valence-corrected chi connectivity index (χ2v) is 8.89. The van der Waals surface area contributed by atoms with Gasteiger partial charge < -0.3 is 14.8 Å². The Labute approximate surface area is 224 Å². The predicted octanol–water partition coefficient (Wildman–Crippen LogP) is 5.63. The van der Waals surface area contributed by atoms with Crippen LogP contribution in [0.1, 0.15) is 49.6 Å². The fourth-order valence-electron chi connectivity index (χ4n) is 4.26. The number of hydrogen-bond donors (Lipinski definition) is 1. The van der Waals surface area contributed by atoms with Crippen LogP contribution in [-0.2, 0) is 9.53 Å². The summed E-state index contributed by atoms with van der Waals surface area (Å²) in [5.74, 6) is -0.932. The molecule has 4 aromatic carbocycles. The highest BCUT2D eigenvalue weighted by Crippen LogP contribution is 2.32. The average molecular weight is 521 g/mol. The zero-order valence-electron chi connectivity index (χ0n) is 21.0. The SMILES string of the molecule is C[C@H](c1ccccc1)N1C(=O)c2ccc(C(=O)OCC(=O)Nc3ccc(Oc4ccccc4)cc3)cc2C1=O. The lowest BCUT2D eigenvalue weighted by Gasteiger charge is -2.22. The molecule has 1 N–H and O–H groups in total. The van der Waals surface area contributed by atoms with Gasteiger partial charge in [-0.2, -0.15) is 0 Å². The topological polar surface area (TPSA) is 102 Å².